The highest BCUT2D eigenvalue weighted by molar-refractivity contribution is 7.89. The van der Waals surface area contributed by atoms with E-state index in [0.717, 1.165) is 0 Å². The van der Waals surface area contributed by atoms with Gasteiger partial charge in [-0.3, -0.25) is 4.79 Å². The molecule has 1 aromatic heterocycles. The van der Waals surface area contributed by atoms with Gasteiger partial charge in [-0.1, -0.05) is 0 Å². The average molecular weight is 441 g/mol. The molecule has 3 aromatic rings. The molecule has 3 rings (SSSR count). The minimum Gasteiger partial charge on any atom is -0.456 e. The van der Waals surface area contributed by atoms with Crippen LogP contribution in [0.4, 0.5) is 0 Å². The van der Waals surface area contributed by atoms with Crippen LogP contribution < -0.4 is 26.3 Å². The summed E-state index contributed by atoms with van der Waals surface area (Å²) in [7, 11) is -7.71. The first-order chi connectivity index (χ1) is 13.7. The molecule has 12 heteroatoms. The van der Waals surface area contributed by atoms with Crippen LogP contribution in [-0.4, -0.2) is 43.0 Å². The Hall–Kier alpha value is -2.35. The van der Waals surface area contributed by atoms with Crippen molar-refractivity contribution >= 4 is 42.0 Å². The summed E-state index contributed by atoms with van der Waals surface area (Å²) in [6.45, 7) is 0.331. The summed E-state index contributed by atoms with van der Waals surface area (Å²) in [5.74, 6) is 0. The summed E-state index contributed by atoms with van der Waals surface area (Å²) in [5.41, 5.74) is 10.4. The SMILES string of the molecule is NCCNS(=O)(=O)c1ccc2oc3ccc(S(=O)(=O)NCCN)cc3c(=O)c2c1. The summed E-state index contributed by atoms with van der Waals surface area (Å²) in [5, 5.41) is 0.0233. The molecule has 1 heterocycles. The zero-order valence-electron chi connectivity index (χ0n) is 15.2. The Bertz CT molecular complexity index is 1230. The van der Waals surface area contributed by atoms with Crippen LogP contribution in [0.2, 0.25) is 0 Å². The lowest BCUT2D eigenvalue weighted by Gasteiger charge is -2.08. The molecule has 0 fully saturated rings. The van der Waals surface area contributed by atoms with E-state index in [-0.39, 0.29) is 57.9 Å². The molecule has 0 radical (unpaired) electrons. The molecule has 0 spiro atoms. The van der Waals surface area contributed by atoms with Crippen LogP contribution >= 0.6 is 0 Å². The standard InChI is InChI=1S/C17H20N4O6S2/c18-5-7-20-28(23,24)11-1-3-15-13(9-11)17(22)14-10-12(2-4-16(14)27-15)29(25,26)21-8-6-19/h1-4,9-10,20-21H,5-8,18-19H2. The number of benzene rings is 2. The highest BCUT2D eigenvalue weighted by Crippen LogP contribution is 2.23. The van der Waals surface area contributed by atoms with Crippen LogP contribution in [0.1, 0.15) is 0 Å². The third-order valence-corrected chi connectivity index (χ3v) is 7.02. The van der Waals surface area contributed by atoms with Gasteiger partial charge in [0, 0.05) is 26.2 Å². The minimum atomic E-state index is -3.85. The van der Waals surface area contributed by atoms with Gasteiger partial charge in [-0.15, -0.1) is 0 Å². The van der Waals surface area contributed by atoms with Gasteiger partial charge in [-0.05, 0) is 36.4 Å². The van der Waals surface area contributed by atoms with E-state index in [4.69, 9.17) is 15.9 Å². The topological polar surface area (TPSA) is 175 Å². The summed E-state index contributed by atoms with van der Waals surface area (Å²) in [6, 6.07) is 7.75. The molecule has 0 saturated heterocycles. The minimum absolute atomic E-state index is 0.0117. The van der Waals surface area contributed by atoms with E-state index in [1.807, 2.05) is 0 Å². The molecular formula is C17H20N4O6S2. The molecule has 29 heavy (non-hydrogen) atoms. The number of hydrogen-bond donors (Lipinski definition) is 4. The fraction of sp³-hybridized carbons (Fsp3) is 0.235. The first kappa shape index (κ1) is 21.4. The first-order valence-electron chi connectivity index (χ1n) is 8.60. The quantitative estimate of drug-likeness (QED) is 0.336. The lowest BCUT2D eigenvalue weighted by molar-refractivity contribution is 0.580. The maximum atomic E-state index is 12.9. The fourth-order valence-electron chi connectivity index (χ4n) is 2.70. The largest absolute Gasteiger partial charge is 0.456 e. The van der Waals surface area contributed by atoms with E-state index in [1.165, 1.54) is 36.4 Å². The van der Waals surface area contributed by atoms with Crippen LogP contribution in [-0.2, 0) is 20.0 Å². The second-order valence-electron chi connectivity index (χ2n) is 6.12. The Morgan fingerprint density at radius 2 is 1.17 bits per heavy atom. The van der Waals surface area contributed by atoms with Gasteiger partial charge in [-0.2, -0.15) is 0 Å². The third-order valence-electron chi connectivity index (χ3n) is 4.10. The lowest BCUT2D eigenvalue weighted by Crippen LogP contribution is -2.29. The summed E-state index contributed by atoms with van der Waals surface area (Å²) >= 11 is 0. The van der Waals surface area contributed by atoms with Gasteiger partial charge in [0.25, 0.3) is 0 Å². The zero-order chi connectivity index (χ0) is 21.2. The molecule has 0 bridgehead atoms. The van der Waals surface area contributed by atoms with E-state index in [9.17, 15) is 21.6 Å². The van der Waals surface area contributed by atoms with Gasteiger partial charge < -0.3 is 15.9 Å². The highest BCUT2D eigenvalue weighted by Gasteiger charge is 2.19. The number of rotatable bonds is 8. The van der Waals surface area contributed by atoms with Crippen LogP contribution in [0, 0.1) is 0 Å². The molecule has 0 amide bonds. The van der Waals surface area contributed by atoms with E-state index in [0.29, 0.717) is 0 Å². The molecule has 0 aliphatic carbocycles. The van der Waals surface area contributed by atoms with Gasteiger partial charge >= 0.3 is 0 Å². The number of nitrogens with two attached hydrogens (primary N) is 2. The zero-order valence-corrected chi connectivity index (χ0v) is 16.8. The Morgan fingerprint density at radius 3 is 1.55 bits per heavy atom. The first-order valence-corrected chi connectivity index (χ1v) is 11.6. The molecular weight excluding hydrogens is 420 g/mol. The molecule has 0 aliphatic heterocycles. The molecule has 0 unspecified atom stereocenters. The molecule has 156 valence electrons. The van der Waals surface area contributed by atoms with Gasteiger partial charge in [0.15, 0.2) is 0 Å². The predicted molar refractivity (Wildman–Crippen MR) is 108 cm³/mol. The van der Waals surface area contributed by atoms with E-state index < -0.39 is 25.5 Å². The second-order valence-corrected chi connectivity index (χ2v) is 9.65. The fourth-order valence-corrected chi connectivity index (χ4v) is 4.85. The van der Waals surface area contributed by atoms with E-state index in [1.54, 1.807) is 0 Å². The van der Waals surface area contributed by atoms with Gasteiger partial charge in [0.2, 0.25) is 25.5 Å². The molecule has 0 saturated carbocycles. The van der Waals surface area contributed by atoms with Crippen LogP contribution in [0.3, 0.4) is 0 Å². The van der Waals surface area contributed by atoms with Crippen molar-refractivity contribution < 1.29 is 21.3 Å². The summed E-state index contributed by atoms with van der Waals surface area (Å²) in [4.78, 5) is 12.7. The maximum absolute atomic E-state index is 12.9. The molecule has 10 nitrogen and oxygen atoms in total. The Kier molecular flexibility index (Phi) is 6.03. The van der Waals surface area contributed by atoms with Crippen LogP contribution in [0.25, 0.3) is 21.9 Å². The molecule has 0 atom stereocenters. The predicted octanol–water partition coefficient (Wildman–Crippen LogP) is -0.580. The maximum Gasteiger partial charge on any atom is 0.240 e. The number of fused-ring (bicyclic) bond motifs is 2. The second kappa shape index (κ2) is 8.18. The van der Waals surface area contributed by atoms with Gasteiger partial charge in [-0.25, -0.2) is 26.3 Å². The van der Waals surface area contributed by atoms with Crippen molar-refractivity contribution in [2.45, 2.75) is 9.79 Å². The third kappa shape index (κ3) is 4.32. The molecule has 0 aliphatic rings. The Morgan fingerprint density at radius 1 is 0.759 bits per heavy atom. The van der Waals surface area contributed by atoms with E-state index in [2.05, 4.69) is 9.44 Å². The highest BCUT2D eigenvalue weighted by atomic mass is 32.2. The summed E-state index contributed by atoms with van der Waals surface area (Å²) in [6.07, 6.45) is 0. The Labute approximate surface area is 167 Å². The normalized spacial score (nSPS) is 12.6. The molecule has 6 N–H and O–H groups in total. The van der Waals surface area contributed by atoms with Crippen molar-refractivity contribution in [1.29, 1.82) is 0 Å². The lowest BCUT2D eigenvalue weighted by atomic mass is 10.1. The van der Waals surface area contributed by atoms with Crippen molar-refractivity contribution in [2.24, 2.45) is 11.5 Å². The van der Waals surface area contributed by atoms with Crippen molar-refractivity contribution in [2.75, 3.05) is 26.2 Å². The van der Waals surface area contributed by atoms with E-state index >= 15 is 0 Å². The number of sulfonamides is 2. The van der Waals surface area contributed by atoms with Gasteiger partial charge in [0.1, 0.15) is 11.2 Å². The van der Waals surface area contributed by atoms with Crippen molar-refractivity contribution in [1.82, 2.24) is 9.44 Å². The smallest absolute Gasteiger partial charge is 0.240 e. The van der Waals surface area contributed by atoms with Crippen LogP contribution in [0.15, 0.2) is 55.4 Å². The van der Waals surface area contributed by atoms with Crippen molar-refractivity contribution in [3.05, 3.63) is 46.6 Å². The van der Waals surface area contributed by atoms with Crippen LogP contribution in [0.5, 0.6) is 0 Å². The number of nitrogens with one attached hydrogen (secondary N) is 2. The van der Waals surface area contributed by atoms with Gasteiger partial charge in [0.05, 0.1) is 20.6 Å². The molecule has 2 aromatic carbocycles. The average Bonchev–Trinajstić information content (AvgIpc) is 2.70. The summed E-state index contributed by atoms with van der Waals surface area (Å²) < 4.78 is 59.5. The van der Waals surface area contributed by atoms with Crippen molar-refractivity contribution in [3.8, 4) is 0 Å². The number of hydrogen-bond acceptors (Lipinski definition) is 8. The van der Waals surface area contributed by atoms with Crippen molar-refractivity contribution in [3.63, 3.8) is 0 Å². The monoisotopic (exact) mass is 440 g/mol. The Balaban J connectivity index is 2.18.